The molecule has 0 aliphatic carbocycles. The third-order valence-electron chi connectivity index (χ3n) is 5.72. The number of aryl methyl sites for hydroxylation is 1. The maximum Gasteiger partial charge on any atom is 0.256 e. The molecule has 1 saturated heterocycles. The second-order valence-electron chi connectivity index (χ2n) is 7.65. The topological polar surface area (TPSA) is 35.6 Å². The molecule has 1 aliphatic heterocycles. The average Bonchev–Trinajstić information content (AvgIpc) is 3.03. The third kappa shape index (κ3) is 4.55. The first-order chi connectivity index (χ1) is 14.5. The van der Waals surface area contributed by atoms with Gasteiger partial charge in [-0.15, -0.1) is 11.3 Å². The normalized spacial score (nSPS) is 14.7. The number of halogens is 1. The van der Waals surface area contributed by atoms with Gasteiger partial charge in [-0.3, -0.25) is 9.69 Å². The Balaban J connectivity index is 1.42. The second kappa shape index (κ2) is 8.98. The van der Waals surface area contributed by atoms with Gasteiger partial charge in [0.25, 0.3) is 5.91 Å². The minimum Gasteiger partial charge on any atom is -0.369 e. The van der Waals surface area contributed by atoms with Crippen molar-refractivity contribution in [2.24, 2.45) is 0 Å². The lowest BCUT2D eigenvalue weighted by Gasteiger charge is -2.36. The summed E-state index contributed by atoms with van der Waals surface area (Å²) >= 11 is 1.65. The number of hydrogen-bond acceptors (Lipinski definition) is 4. The maximum absolute atomic E-state index is 13.2. The summed E-state index contributed by atoms with van der Waals surface area (Å²) in [6.07, 6.45) is 0. The van der Waals surface area contributed by atoms with Gasteiger partial charge in [0.15, 0.2) is 0 Å². The van der Waals surface area contributed by atoms with Crippen molar-refractivity contribution in [3.63, 3.8) is 0 Å². The van der Waals surface area contributed by atoms with E-state index in [1.807, 2.05) is 42.5 Å². The summed E-state index contributed by atoms with van der Waals surface area (Å²) in [6.45, 7) is 8.72. The third-order valence-corrected chi connectivity index (χ3v) is 6.88. The van der Waals surface area contributed by atoms with Crippen molar-refractivity contribution < 1.29 is 9.18 Å². The summed E-state index contributed by atoms with van der Waals surface area (Å²) in [6, 6.07) is 16.0. The average molecular weight is 424 g/mol. The molecule has 1 aromatic heterocycles. The molecule has 0 unspecified atom stereocenters. The molecule has 1 N–H and O–H groups in total. The van der Waals surface area contributed by atoms with Gasteiger partial charge in [-0.05, 0) is 55.8 Å². The summed E-state index contributed by atoms with van der Waals surface area (Å²) in [5, 5.41) is 4.07. The molecule has 156 valence electrons. The van der Waals surface area contributed by atoms with Crippen molar-refractivity contribution >= 4 is 27.9 Å². The molecule has 0 spiro atoms. The van der Waals surface area contributed by atoms with Gasteiger partial charge in [0.1, 0.15) is 10.8 Å². The second-order valence-corrected chi connectivity index (χ2v) is 8.88. The van der Waals surface area contributed by atoms with Crippen LogP contribution in [0.2, 0.25) is 0 Å². The molecule has 0 atom stereocenters. The van der Waals surface area contributed by atoms with Crippen LogP contribution in [0.25, 0.3) is 0 Å². The number of carbonyl (C=O) groups excluding carboxylic acids is 1. The Morgan fingerprint density at radius 1 is 1.00 bits per heavy atom. The van der Waals surface area contributed by atoms with Gasteiger partial charge in [-0.2, -0.15) is 0 Å². The van der Waals surface area contributed by atoms with E-state index in [1.165, 1.54) is 28.1 Å². The Kier molecular flexibility index (Phi) is 6.16. The molecule has 0 radical (unpaired) electrons. The number of carbonyl (C=O) groups is 1. The lowest BCUT2D eigenvalue weighted by Crippen LogP contribution is -2.46. The fourth-order valence-electron chi connectivity index (χ4n) is 3.77. The lowest BCUT2D eigenvalue weighted by molar-refractivity contribution is 0.102. The lowest BCUT2D eigenvalue weighted by atomic mass is 10.1. The Bertz CT molecular complexity index is 1010. The Morgan fingerprint density at radius 2 is 1.67 bits per heavy atom. The summed E-state index contributed by atoms with van der Waals surface area (Å²) in [7, 11) is 0. The molecule has 2 heterocycles. The first-order valence-corrected chi connectivity index (χ1v) is 11.0. The molecule has 1 amide bonds. The number of anilines is 2. The predicted octanol–water partition coefficient (Wildman–Crippen LogP) is 5.08. The molecule has 30 heavy (non-hydrogen) atoms. The van der Waals surface area contributed by atoms with Gasteiger partial charge in [-0.1, -0.05) is 18.2 Å². The molecular formula is C24H26FN3OS. The standard InChI is InChI=1S/C24H26FN3OS/c1-17-18(2)30-24(26-23(29)19-6-4-3-5-7-19)22(17)16-27-12-14-28(15-13-27)21-10-8-20(25)9-11-21/h3-11H,12-16H2,1-2H3,(H,26,29). The highest BCUT2D eigenvalue weighted by Gasteiger charge is 2.22. The monoisotopic (exact) mass is 423 g/mol. The van der Waals surface area contributed by atoms with Gasteiger partial charge in [0.2, 0.25) is 0 Å². The molecule has 3 aromatic rings. The van der Waals surface area contributed by atoms with Crippen molar-refractivity contribution in [3.8, 4) is 0 Å². The smallest absolute Gasteiger partial charge is 0.256 e. The van der Waals surface area contributed by atoms with E-state index in [0.29, 0.717) is 5.56 Å². The van der Waals surface area contributed by atoms with Crippen molar-refractivity contribution in [3.05, 3.63) is 82.0 Å². The van der Waals surface area contributed by atoms with E-state index in [2.05, 4.69) is 29.0 Å². The molecule has 6 heteroatoms. The van der Waals surface area contributed by atoms with Gasteiger partial charge in [-0.25, -0.2) is 4.39 Å². The zero-order valence-corrected chi connectivity index (χ0v) is 18.1. The Labute approximate surface area is 180 Å². The van der Waals surface area contributed by atoms with E-state index in [0.717, 1.165) is 43.4 Å². The minimum absolute atomic E-state index is 0.0702. The van der Waals surface area contributed by atoms with E-state index in [1.54, 1.807) is 11.3 Å². The van der Waals surface area contributed by atoms with E-state index in [-0.39, 0.29) is 11.7 Å². The summed E-state index contributed by atoms with van der Waals surface area (Å²) in [5.74, 6) is -0.273. The van der Waals surface area contributed by atoms with Crippen LogP contribution in [0.15, 0.2) is 54.6 Å². The van der Waals surface area contributed by atoms with E-state index in [9.17, 15) is 9.18 Å². The van der Waals surface area contributed by atoms with Crippen molar-refractivity contribution in [1.82, 2.24) is 4.90 Å². The number of nitrogens with one attached hydrogen (secondary N) is 1. The van der Waals surface area contributed by atoms with Crippen molar-refractivity contribution in [1.29, 1.82) is 0 Å². The van der Waals surface area contributed by atoms with E-state index in [4.69, 9.17) is 0 Å². The Morgan fingerprint density at radius 3 is 2.33 bits per heavy atom. The van der Waals surface area contributed by atoms with Crippen LogP contribution in [0.4, 0.5) is 15.1 Å². The first kappa shape index (κ1) is 20.6. The van der Waals surface area contributed by atoms with Crippen molar-refractivity contribution in [2.75, 3.05) is 36.4 Å². The quantitative estimate of drug-likeness (QED) is 0.622. The predicted molar refractivity (Wildman–Crippen MR) is 122 cm³/mol. The van der Waals surface area contributed by atoms with E-state index < -0.39 is 0 Å². The number of amides is 1. The largest absolute Gasteiger partial charge is 0.369 e. The molecule has 4 rings (SSSR count). The number of thiophene rings is 1. The fourth-order valence-corrected chi connectivity index (χ4v) is 4.84. The summed E-state index contributed by atoms with van der Waals surface area (Å²) < 4.78 is 13.2. The highest BCUT2D eigenvalue weighted by Crippen LogP contribution is 2.34. The number of rotatable bonds is 5. The van der Waals surface area contributed by atoms with Crippen LogP contribution in [0.5, 0.6) is 0 Å². The van der Waals surface area contributed by atoms with Crippen molar-refractivity contribution in [2.45, 2.75) is 20.4 Å². The molecular weight excluding hydrogens is 397 g/mol. The van der Waals surface area contributed by atoms with Gasteiger partial charge in [0, 0.05) is 54.4 Å². The SMILES string of the molecule is Cc1sc(NC(=O)c2ccccc2)c(CN2CCN(c3ccc(F)cc3)CC2)c1C. The molecule has 0 bridgehead atoms. The Hall–Kier alpha value is -2.70. The van der Waals surface area contributed by atoms with Gasteiger partial charge < -0.3 is 10.2 Å². The molecule has 2 aromatic carbocycles. The molecule has 0 saturated carbocycles. The maximum atomic E-state index is 13.2. The van der Waals surface area contributed by atoms with Gasteiger partial charge >= 0.3 is 0 Å². The number of benzene rings is 2. The molecule has 4 nitrogen and oxygen atoms in total. The van der Waals surface area contributed by atoms with Crippen LogP contribution in [0, 0.1) is 19.7 Å². The zero-order valence-electron chi connectivity index (χ0n) is 17.3. The molecule has 1 fully saturated rings. The highest BCUT2D eigenvalue weighted by atomic mass is 32.1. The van der Waals surface area contributed by atoms with Crippen LogP contribution in [0.3, 0.4) is 0 Å². The van der Waals surface area contributed by atoms with E-state index >= 15 is 0 Å². The molecule has 1 aliphatic rings. The van der Waals surface area contributed by atoms with Crippen LogP contribution in [-0.4, -0.2) is 37.0 Å². The summed E-state index contributed by atoms with van der Waals surface area (Å²) in [5.41, 5.74) is 4.19. The minimum atomic E-state index is -0.203. The summed E-state index contributed by atoms with van der Waals surface area (Å²) in [4.78, 5) is 18.6. The fraction of sp³-hybridized carbons (Fsp3) is 0.292. The van der Waals surface area contributed by atoms with Crippen LogP contribution in [0.1, 0.15) is 26.4 Å². The zero-order chi connectivity index (χ0) is 21.1. The number of hydrogen-bond donors (Lipinski definition) is 1. The van der Waals surface area contributed by atoms with Crippen LogP contribution in [-0.2, 0) is 6.54 Å². The number of piperazine rings is 1. The van der Waals surface area contributed by atoms with Crippen LogP contribution < -0.4 is 10.2 Å². The van der Waals surface area contributed by atoms with Crippen LogP contribution >= 0.6 is 11.3 Å². The van der Waals surface area contributed by atoms with Gasteiger partial charge in [0.05, 0.1) is 0 Å². The number of nitrogens with zero attached hydrogens (tertiary/aromatic N) is 2. The highest BCUT2D eigenvalue weighted by molar-refractivity contribution is 7.16. The first-order valence-electron chi connectivity index (χ1n) is 10.2.